The summed E-state index contributed by atoms with van der Waals surface area (Å²) in [6, 6.07) is 0. The van der Waals surface area contributed by atoms with Gasteiger partial charge < -0.3 is 8.98 Å². The molecular weight excluding hydrogens is 330 g/mol. The molecule has 3 heterocycles. The van der Waals surface area contributed by atoms with Crippen LogP contribution < -0.4 is 0 Å². The average molecular weight is 353 g/mol. The summed E-state index contributed by atoms with van der Waals surface area (Å²) in [6.07, 6.45) is 6.34. The van der Waals surface area contributed by atoms with E-state index >= 15 is 0 Å². The Morgan fingerprint density at radius 1 is 1.29 bits per heavy atom. The Kier molecular flexibility index (Phi) is 4.73. The van der Waals surface area contributed by atoms with Gasteiger partial charge in [-0.3, -0.25) is 0 Å². The van der Waals surface area contributed by atoms with Crippen LogP contribution in [0.2, 0.25) is 0 Å². The van der Waals surface area contributed by atoms with Crippen LogP contribution >= 0.6 is 0 Å². The minimum absolute atomic E-state index is 0.0563. The number of imidazole rings is 1. The number of hydrogen-bond donors (Lipinski definition) is 0. The third-order valence-electron chi connectivity index (χ3n) is 4.05. The quantitative estimate of drug-likeness (QED) is 0.784. The van der Waals surface area contributed by atoms with Gasteiger partial charge in [0, 0.05) is 25.1 Å². The molecular formula is C15H23N5O3S. The first-order valence-corrected chi connectivity index (χ1v) is 10.00. The van der Waals surface area contributed by atoms with Crippen molar-refractivity contribution in [1.29, 1.82) is 0 Å². The minimum atomic E-state index is -3.42. The molecule has 0 N–H and O–H groups in total. The lowest BCUT2D eigenvalue weighted by Gasteiger charge is -2.16. The molecule has 0 radical (unpaired) electrons. The van der Waals surface area contributed by atoms with E-state index in [4.69, 9.17) is 4.42 Å². The molecule has 24 heavy (non-hydrogen) atoms. The topological polar surface area (TPSA) is 94.1 Å². The molecule has 0 aromatic carbocycles. The van der Waals surface area contributed by atoms with E-state index in [1.165, 1.54) is 10.6 Å². The van der Waals surface area contributed by atoms with Crippen LogP contribution in [0.15, 0.2) is 10.6 Å². The molecule has 9 heteroatoms. The molecule has 0 aliphatic carbocycles. The van der Waals surface area contributed by atoms with E-state index in [0.717, 1.165) is 37.3 Å². The van der Waals surface area contributed by atoms with E-state index in [9.17, 15) is 8.42 Å². The maximum Gasteiger partial charge on any atom is 0.231 e. The first-order valence-electron chi connectivity index (χ1n) is 8.15. The van der Waals surface area contributed by atoms with E-state index in [1.807, 2.05) is 20.0 Å². The lowest BCUT2D eigenvalue weighted by molar-refractivity contribution is 0.338. The molecule has 3 rings (SSSR count). The van der Waals surface area contributed by atoms with Crippen molar-refractivity contribution in [2.45, 2.75) is 58.7 Å². The minimum Gasteiger partial charge on any atom is -0.424 e. The van der Waals surface area contributed by atoms with Crippen molar-refractivity contribution in [2.24, 2.45) is 0 Å². The summed E-state index contributed by atoms with van der Waals surface area (Å²) in [5.74, 6) is 1.95. The van der Waals surface area contributed by atoms with E-state index in [2.05, 4.69) is 19.7 Å². The van der Waals surface area contributed by atoms with Gasteiger partial charge in [0.2, 0.25) is 21.8 Å². The Bertz CT molecular complexity index is 785. The highest BCUT2D eigenvalue weighted by Gasteiger charge is 2.23. The first kappa shape index (κ1) is 17.1. The Morgan fingerprint density at radius 2 is 2.08 bits per heavy atom. The zero-order valence-electron chi connectivity index (χ0n) is 14.3. The Hall–Kier alpha value is -1.74. The van der Waals surface area contributed by atoms with Crippen molar-refractivity contribution >= 4 is 10.0 Å². The van der Waals surface area contributed by atoms with Gasteiger partial charge in [-0.25, -0.2) is 13.4 Å². The molecule has 0 amide bonds. The highest BCUT2D eigenvalue weighted by atomic mass is 32.2. The van der Waals surface area contributed by atoms with Crippen LogP contribution in [-0.2, 0) is 36.1 Å². The molecule has 2 aromatic rings. The molecule has 132 valence electrons. The number of rotatable bonds is 6. The Morgan fingerprint density at radius 3 is 2.71 bits per heavy atom. The van der Waals surface area contributed by atoms with Crippen molar-refractivity contribution in [1.82, 2.24) is 24.1 Å². The van der Waals surface area contributed by atoms with Gasteiger partial charge in [-0.2, -0.15) is 4.31 Å². The van der Waals surface area contributed by atoms with Crippen LogP contribution in [0.3, 0.4) is 0 Å². The van der Waals surface area contributed by atoms with Crippen LogP contribution in [0.25, 0.3) is 0 Å². The average Bonchev–Trinajstić information content (AvgIpc) is 3.11. The summed E-state index contributed by atoms with van der Waals surface area (Å²) < 4.78 is 33.2. The summed E-state index contributed by atoms with van der Waals surface area (Å²) in [4.78, 5) is 4.57. The van der Waals surface area contributed by atoms with E-state index in [1.54, 1.807) is 0 Å². The predicted molar refractivity (Wildman–Crippen MR) is 87.6 cm³/mol. The lowest BCUT2D eigenvalue weighted by atomic mass is 10.2. The molecule has 0 bridgehead atoms. The fourth-order valence-electron chi connectivity index (χ4n) is 2.73. The Balaban J connectivity index is 1.78. The van der Waals surface area contributed by atoms with Gasteiger partial charge in [0.25, 0.3) is 0 Å². The van der Waals surface area contributed by atoms with Crippen LogP contribution in [0, 0.1) is 0 Å². The fraction of sp³-hybridized carbons (Fsp3) is 0.667. The van der Waals surface area contributed by atoms with Crippen molar-refractivity contribution < 1.29 is 12.8 Å². The highest BCUT2D eigenvalue weighted by Crippen LogP contribution is 2.19. The van der Waals surface area contributed by atoms with E-state index < -0.39 is 10.0 Å². The van der Waals surface area contributed by atoms with Gasteiger partial charge in [0.1, 0.15) is 5.82 Å². The van der Waals surface area contributed by atoms with Crippen LogP contribution in [0.5, 0.6) is 0 Å². The summed E-state index contributed by atoms with van der Waals surface area (Å²) in [7, 11) is -3.42. The zero-order chi connectivity index (χ0) is 17.3. The molecule has 0 spiro atoms. The molecule has 0 saturated carbocycles. The standard InChI is InChI=1S/C15H23N5O3S/c1-11(2)15-18-17-14(23-15)10-20(24(3,21)22)9-12-8-19-7-5-4-6-13(19)16-12/h8,11H,4-7,9-10H2,1-3H3. The second-order valence-electron chi connectivity index (χ2n) is 6.52. The van der Waals surface area contributed by atoms with Gasteiger partial charge in [0.15, 0.2) is 0 Å². The van der Waals surface area contributed by atoms with Gasteiger partial charge >= 0.3 is 0 Å². The summed E-state index contributed by atoms with van der Waals surface area (Å²) in [5, 5.41) is 7.90. The fourth-order valence-corrected chi connectivity index (χ4v) is 3.45. The van der Waals surface area contributed by atoms with Crippen molar-refractivity contribution in [3.05, 3.63) is 29.5 Å². The normalized spacial score (nSPS) is 15.2. The van der Waals surface area contributed by atoms with Gasteiger partial charge in [-0.05, 0) is 12.8 Å². The van der Waals surface area contributed by atoms with Crippen LogP contribution in [0.4, 0.5) is 0 Å². The number of nitrogens with zero attached hydrogens (tertiary/aromatic N) is 5. The molecule has 0 fully saturated rings. The van der Waals surface area contributed by atoms with E-state index in [0.29, 0.717) is 11.8 Å². The summed E-state index contributed by atoms with van der Waals surface area (Å²) >= 11 is 0. The second kappa shape index (κ2) is 6.64. The third-order valence-corrected chi connectivity index (χ3v) is 5.25. The molecule has 2 aromatic heterocycles. The highest BCUT2D eigenvalue weighted by molar-refractivity contribution is 7.88. The number of aromatic nitrogens is 4. The SMILES string of the molecule is CC(C)c1nnc(CN(Cc2cn3c(n2)CCCC3)S(C)(=O)=O)o1. The first-order chi connectivity index (χ1) is 11.3. The van der Waals surface area contributed by atoms with Gasteiger partial charge in [-0.1, -0.05) is 13.8 Å². The Labute approximate surface area is 141 Å². The molecule has 1 aliphatic rings. The predicted octanol–water partition coefficient (Wildman–Crippen LogP) is 1.69. The molecule has 1 aliphatic heterocycles. The largest absolute Gasteiger partial charge is 0.424 e. The summed E-state index contributed by atoms with van der Waals surface area (Å²) in [5.41, 5.74) is 0.751. The second-order valence-corrected chi connectivity index (χ2v) is 8.50. The van der Waals surface area contributed by atoms with Gasteiger partial charge in [-0.15, -0.1) is 10.2 Å². The maximum absolute atomic E-state index is 12.1. The molecule has 0 saturated heterocycles. The lowest BCUT2D eigenvalue weighted by Crippen LogP contribution is -2.29. The van der Waals surface area contributed by atoms with Crippen LogP contribution in [-0.4, -0.2) is 38.7 Å². The van der Waals surface area contributed by atoms with Crippen molar-refractivity contribution in [3.63, 3.8) is 0 Å². The molecule has 0 atom stereocenters. The van der Waals surface area contributed by atoms with Gasteiger partial charge in [0.05, 0.1) is 25.0 Å². The van der Waals surface area contributed by atoms with Crippen LogP contribution in [0.1, 0.15) is 55.9 Å². The summed E-state index contributed by atoms with van der Waals surface area (Å²) in [6.45, 7) is 5.10. The van der Waals surface area contributed by atoms with Crippen molar-refractivity contribution in [2.75, 3.05) is 6.26 Å². The third kappa shape index (κ3) is 3.84. The number of sulfonamides is 1. The van der Waals surface area contributed by atoms with E-state index in [-0.39, 0.29) is 19.0 Å². The smallest absolute Gasteiger partial charge is 0.231 e. The van der Waals surface area contributed by atoms with Crippen molar-refractivity contribution in [3.8, 4) is 0 Å². The molecule has 0 unspecified atom stereocenters. The number of fused-ring (bicyclic) bond motifs is 1. The number of aryl methyl sites for hydroxylation is 2. The maximum atomic E-state index is 12.1. The number of hydrogen-bond acceptors (Lipinski definition) is 6. The zero-order valence-corrected chi connectivity index (χ0v) is 15.1. The molecule has 8 nitrogen and oxygen atoms in total. The monoisotopic (exact) mass is 353 g/mol.